The van der Waals surface area contributed by atoms with Gasteiger partial charge in [0, 0.05) is 51.2 Å². The quantitative estimate of drug-likeness (QED) is 0.802. The molecule has 2 heterocycles. The highest BCUT2D eigenvalue weighted by molar-refractivity contribution is 5.14. The van der Waals surface area contributed by atoms with E-state index in [0.717, 1.165) is 45.6 Å². The van der Waals surface area contributed by atoms with Crippen molar-refractivity contribution in [1.82, 2.24) is 14.8 Å². The molecule has 0 bridgehead atoms. The zero-order valence-electron chi connectivity index (χ0n) is 14.9. The average molecular weight is 339 g/mol. The number of pyridine rings is 1. The first kappa shape index (κ1) is 18.1. The van der Waals surface area contributed by atoms with E-state index in [0.29, 0.717) is 6.04 Å². The standard InChI is InChI=1S/C21H29N3O/c25-15-10-21-18-23(17-20-8-4-11-22-16-20)13-14-24(21)12-5-9-19-6-2-1-3-7-19/h1-4,6-8,11,16,21,25H,5,9-10,12-15,17-18H2/t21-/m0/s1. The topological polar surface area (TPSA) is 39.6 Å². The van der Waals surface area contributed by atoms with E-state index in [-0.39, 0.29) is 6.61 Å². The fourth-order valence-corrected chi connectivity index (χ4v) is 3.70. The number of benzene rings is 1. The summed E-state index contributed by atoms with van der Waals surface area (Å²) in [6.45, 7) is 5.52. The molecule has 1 aromatic carbocycles. The van der Waals surface area contributed by atoms with Crippen LogP contribution in [-0.4, -0.2) is 58.7 Å². The molecule has 3 rings (SSSR count). The molecule has 4 nitrogen and oxygen atoms in total. The third-order valence-electron chi connectivity index (χ3n) is 5.03. The Bertz CT molecular complexity index is 605. The van der Waals surface area contributed by atoms with Crippen LogP contribution in [0.5, 0.6) is 0 Å². The predicted octanol–water partition coefficient (Wildman–Crippen LogP) is 2.58. The summed E-state index contributed by atoms with van der Waals surface area (Å²) < 4.78 is 0. The van der Waals surface area contributed by atoms with E-state index >= 15 is 0 Å². The Hall–Kier alpha value is -1.75. The Kier molecular flexibility index (Phi) is 6.98. The summed E-state index contributed by atoms with van der Waals surface area (Å²) in [6.07, 6.45) is 6.93. The first-order valence-corrected chi connectivity index (χ1v) is 9.35. The number of nitrogens with zero attached hydrogens (tertiary/aromatic N) is 3. The second-order valence-corrected chi connectivity index (χ2v) is 6.89. The lowest BCUT2D eigenvalue weighted by Crippen LogP contribution is -2.53. The molecule has 25 heavy (non-hydrogen) atoms. The largest absolute Gasteiger partial charge is 0.396 e. The van der Waals surface area contributed by atoms with Crippen molar-refractivity contribution in [1.29, 1.82) is 0 Å². The van der Waals surface area contributed by atoms with Gasteiger partial charge >= 0.3 is 0 Å². The van der Waals surface area contributed by atoms with E-state index in [1.807, 2.05) is 18.5 Å². The second kappa shape index (κ2) is 9.66. The number of aliphatic hydroxyl groups excluding tert-OH is 1. The van der Waals surface area contributed by atoms with Gasteiger partial charge in [-0.2, -0.15) is 0 Å². The van der Waals surface area contributed by atoms with Crippen molar-refractivity contribution in [3.8, 4) is 0 Å². The summed E-state index contributed by atoms with van der Waals surface area (Å²) >= 11 is 0. The van der Waals surface area contributed by atoms with Gasteiger partial charge in [-0.3, -0.25) is 14.8 Å². The number of aryl methyl sites for hydroxylation is 1. The lowest BCUT2D eigenvalue weighted by atomic mass is 10.1. The van der Waals surface area contributed by atoms with Crippen LogP contribution in [0.15, 0.2) is 54.9 Å². The monoisotopic (exact) mass is 339 g/mol. The maximum atomic E-state index is 9.46. The van der Waals surface area contributed by atoms with Gasteiger partial charge in [0.25, 0.3) is 0 Å². The average Bonchev–Trinajstić information content (AvgIpc) is 2.65. The van der Waals surface area contributed by atoms with Gasteiger partial charge in [0.15, 0.2) is 0 Å². The lowest BCUT2D eigenvalue weighted by Gasteiger charge is -2.41. The highest BCUT2D eigenvalue weighted by atomic mass is 16.3. The molecule has 0 spiro atoms. The molecule has 0 radical (unpaired) electrons. The Morgan fingerprint density at radius 1 is 1.04 bits per heavy atom. The highest BCUT2D eigenvalue weighted by Gasteiger charge is 2.26. The molecular formula is C21H29N3O. The molecule has 0 unspecified atom stereocenters. The fourth-order valence-electron chi connectivity index (χ4n) is 3.70. The minimum atomic E-state index is 0.264. The molecule has 0 amide bonds. The minimum Gasteiger partial charge on any atom is -0.396 e. The van der Waals surface area contributed by atoms with Gasteiger partial charge in [0.1, 0.15) is 0 Å². The van der Waals surface area contributed by atoms with Crippen LogP contribution >= 0.6 is 0 Å². The number of rotatable bonds is 8. The summed E-state index contributed by atoms with van der Waals surface area (Å²) in [5.74, 6) is 0. The molecule has 2 aromatic rings. The molecule has 1 N–H and O–H groups in total. The Morgan fingerprint density at radius 3 is 2.64 bits per heavy atom. The summed E-state index contributed by atoms with van der Waals surface area (Å²) in [6, 6.07) is 15.3. The van der Waals surface area contributed by atoms with Crippen LogP contribution in [0, 0.1) is 0 Å². The zero-order valence-corrected chi connectivity index (χ0v) is 14.9. The number of piperazine rings is 1. The van der Waals surface area contributed by atoms with Gasteiger partial charge in [0.2, 0.25) is 0 Å². The van der Waals surface area contributed by atoms with Crippen molar-refractivity contribution < 1.29 is 5.11 Å². The summed E-state index contributed by atoms with van der Waals surface area (Å²) in [7, 11) is 0. The van der Waals surface area contributed by atoms with Crippen LogP contribution in [0.2, 0.25) is 0 Å². The summed E-state index contributed by atoms with van der Waals surface area (Å²) in [5, 5.41) is 9.46. The molecule has 1 aromatic heterocycles. The van der Waals surface area contributed by atoms with E-state index in [4.69, 9.17) is 0 Å². The number of hydrogen-bond donors (Lipinski definition) is 1. The van der Waals surface area contributed by atoms with Gasteiger partial charge in [-0.05, 0) is 43.0 Å². The van der Waals surface area contributed by atoms with E-state index in [2.05, 4.69) is 51.2 Å². The maximum absolute atomic E-state index is 9.46. The fraction of sp³-hybridized carbons (Fsp3) is 0.476. The first-order valence-electron chi connectivity index (χ1n) is 9.35. The van der Waals surface area contributed by atoms with E-state index in [1.54, 1.807) is 0 Å². The number of aliphatic hydroxyl groups is 1. The Morgan fingerprint density at radius 2 is 1.88 bits per heavy atom. The van der Waals surface area contributed by atoms with Crippen LogP contribution in [0.4, 0.5) is 0 Å². The number of hydrogen-bond acceptors (Lipinski definition) is 4. The predicted molar refractivity (Wildman–Crippen MR) is 101 cm³/mol. The Balaban J connectivity index is 1.49. The smallest absolute Gasteiger partial charge is 0.0446 e. The van der Waals surface area contributed by atoms with Crippen LogP contribution in [0.25, 0.3) is 0 Å². The molecule has 0 saturated carbocycles. The Labute approximate surface area is 151 Å². The maximum Gasteiger partial charge on any atom is 0.0446 e. The molecule has 0 aliphatic carbocycles. The van der Waals surface area contributed by atoms with Crippen molar-refractivity contribution in [3.63, 3.8) is 0 Å². The zero-order chi connectivity index (χ0) is 17.3. The third-order valence-corrected chi connectivity index (χ3v) is 5.03. The van der Waals surface area contributed by atoms with Gasteiger partial charge in [-0.15, -0.1) is 0 Å². The van der Waals surface area contributed by atoms with Crippen molar-refractivity contribution in [2.75, 3.05) is 32.8 Å². The van der Waals surface area contributed by atoms with Gasteiger partial charge in [-0.25, -0.2) is 0 Å². The molecule has 134 valence electrons. The molecule has 4 heteroatoms. The van der Waals surface area contributed by atoms with E-state index in [9.17, 15) is 5.11 Å². The van der Waals surface area contributed by atoms with E-state index < -0.39 is 0 Å². The molecule has 1 aliphatic rings. The molecule has 1 atom stereocenters. The normalized spacial score (nSPS) is 19.2. The van der Waals surface area contributed by atoms with Crippen LogP contribution < -0.4 is 0 Å². The van der Waals surface area contributed by atoms with Crippen molar-refractivity contribution in [2.24, 2.45) is 0 Å². The second-order valence-electron chi connectivity index (χ2n) is 6.89. The van der Waals surface area contributed by atoms with Crippen molar-refractivity contribution in [2.45, 2.75) is 31.8 Å². The molecule has 1 fully saturated rings. The molecule has 1 aliphatic heterocycles. The summed E-state index contributed by atoms with van der Waals surface area (Å²) in [4.78, 5) is 9.27. The SMILES string of the molecule is OCC[C@H]1CN(Cc2cccnc2)CCN1CCCc1ccccc1. The highest BCUT2D eigenvalue weighted by Crippen LogP contribution is 2.16. The van der Waals surface area contributed by atoms with Gasteiger partial charge < -0.3 is 5.11 Å². The third kappa shape index (κ3) is 5.63. The van der Waals surface area contributed by atoms with E-state index in [1.165, 1.54) is 17.5 Å². The van der Waals surface area contributed by atoms with Crippen molar-refractivity contribution in [3.05, 3.63) is 66.0 Å². The minimum absolute atomic E-state index is 0.264. The first-order chi connectivity index (χ1) is 12.3. The van der Waals surface area contributed by atoms with Crippen LogP contribution in [-0.2, 0) is 13.0 Å². The number of aromatic nitrogens is 1. The van der Waals surface area contributed by atoms with Gasteiger partial charge in [-0.1, -0.05) is 36.4 Å². The molecular weight excluding hydrogens is 310 g/mol. The summed E-state index contributed by atoms with van der Waals surface area (Å²) in [5.41, 5.74) is 2.68. The van der Waals surface area contributed by atoms with Crippen molar-refractivity contribution >= 4 is 0 Å². The van der Waals surface area contributed by atoms with Gasteiger partial charge in [0.05, 0.1) is 0 Å². The van der Waals surface area contributed by atoms with Crippen LogP contribution in [0.1, 0.15) is 24.0 Å². The lowest BCUT2D eigenvalue weighted by molar-refractivity contribution is 0.0546. The molecule has 1 saturated heterocycles. The van der Waals surface area contributed by atoms with Crippen LogP contribution in [0.3, 0.4) is 0 Å².